The van der Waals surface area contributed by atoms with Gasteiger partial charge in [-0.15, -0.1) is 11.3 Å². The molecule has 0 saturated heterocycles. The van der Waals surface area contributed by atoms with Crippen molar-refractivity contribution in [1.29, 1.82) is 0 Å². The molecule has 0 amide bonds. The van der Waals surface area contributed by atoms with E-state index in [4.69, 9.17) is 0 Å². The largest absolute Gasteiger partial charge is 0.452 e. The number of carbonyl (C=O) groups is 2. The number of thiophene rings is 1. The first-order valence-electron chi connectivity index (χ1n) is 8.39. The second-order valence-corrected chi connectivity index (χ2v) is 10.2. The molecule has 1 N–H and O–H groups in total. The van der Waals surface area contributed by atoms with E-state index in [0.29, 0.717) is 11.6 Å². The molecular formula is C18H13F3N2O5S3. The number of hydrogen-bond donors (Lipinski definition) is 1. The van der Waals surface area contributed by atoms with Crippen LogP contribution < -0.4 is 4.72 Å². The maximum atomic E-state index is 12.6. The van der Waals surface area contributed by atoms with E-state index >= 15 is 0 Å². The molecule has 0 atom stereocenters. The Labute approximate surface area is 182 Å². The number of aromatic nitrogens is 1. The van der Waals surface area contributed by atoms with Crippen molar-refractivity contribution in [3.8, 4) is 10.6 Å². The molecule has 0 bridgehead atoms. The van der Waals surface area contributed by atoms with Gasteiger partial charge in [0, 0.05) is 24.2 Å². The number of rotatable bonds is 7. The number of benzene rings is 1. The first kappa shape index (κ1) is 23.0. The number of nitrogens with one attached hydrogen (secondary N) is 1. The van der Waals surface area contributed by atoms with E-state index in [1.807, 2.05) is 0 Å². The zero-order valence-electron chi connectivity index (χ0n) is 15.6. The molecular weight excluding hydrogens is 477 g/mol. The molecule has 1 aromatic carbocycles. The van der Waals surface area contributed by atoms with Gasteiger partial charge in [0.05, 0.1) is 10.6 Å². The van der Waals surface area contributed by atoms with Crippen molar-refractivity contribution in [2.45, 2.75) is 17.3 Å². The first-order valence-corrected chi connectivity index (χ1v) is 11.7. The average molecular weight is 491 g/mol. The highest BCUT2D eigenvalue weighted by Crippen LogP contribution is 2.35. The minimum absolute atomic E-state index is 0.0174. The summed E-state index contributed by atoms with van der Waals surface area (Å²) in [6.45, 7) is 1.35. The Bertz CT molecular complexity index is 1210. The zero-order chi connectivity index (χ0) is 22.8. The quantitative estimate of drug-likeness (QED) is 0.479. The zero-order valence-corrected chi connectivity index (χ0v) is 18.0. The number of alkyl halides is 3. The third kappa shape index (κ3) is 5.74. The van der Waals surface area contributed by atoms with Crippen LogP contribution in [0.5, 0.6) is 0 Å². The molecule has 0 aliphatic rings. The van der Waals surface area contributed by atoms with E-state index in [9.17, 15) is 31.2 Å². The van der Waals surface area contributed by atoms with E-state index in [2.05, 4.69) is 14.4 Å². The van der Waals surface area contributed by atoms with Gasteiger partial charge < -0.3 is 4.52 Å². The number of sulfonamides is 1. The molecule has 0 aliphatic heterocycles. The van der Waals surface area contributed by atoms with Gasteiger partial charge >= 0.3 is 6.18 Å². The normalized spacial score (nSPS) is 12.0. The Kier molecular flexibility index (Phi) is 6.57. The smallest absolute Gasteiger partial charge is 0.351 e. The highest BCUT2D eigenvalue weighted by atomic mass is 32.2. The first-order chi connectivity index (χ1) is 14.5. The van der Waals surface area contributed by atoms with Gasteiger partial charge in [-0.05, 0) is 36.4 Å². The fourth-order valence-electron chi connectivity index (χ4n) is 2.31. The van der Waals surface area contributed by atoms with Crippen LogP contribution in [0.2, 0.25) is 0 Å². The van der Waals surface area contributed by atoms with E-state index in [1.54, 1.807) is 0 Å². The van der Waals surface area contributed by atoms with Crippen molar-refractivity contribution in [2.24, 2.45) is 0 Å². The maximum absolute atomic E-state index is 12.6. The molecule has 164 valence electrons. The predicted octanol–water partition coefficient (Wildman–Crippen LogP) is 4.69. The van der Waals surface area contributed by atoms with Crippen molar-refractivity contribution in [3.05, 3.63) is 53.8 Å². The molecule has 0 saturated carbocycles. The number of ketones is 1. The second kappa shape index (κ2) is 8.85. The van der Waals surface area contributed by atoms with Gasteiger partial charge in [-0.1, -0.05) is 16.9 Å². The Morgan fingerprint density at radius 1 is 1.16 bits per heavy atom. The number of halogens is 3. The minimum Gasteiger partial charge on any atom is -0.351 e. The summed E-state index contributed by atoms with van der Waals surface area (Å²) in [4.78, 5) is 23.1. The SMILES string of the molecule is CC(=O)SCC(=O)c1ccc(NS(=O)(=O)c2ccc(-c3cc(C(F)(F)F)on3)s2)cc1. The van der Waals surface area contributed by atoms with Gasteiger partial charge in [-0.25, -0.2) is 8.42 Å². The molecule has 13 heteroatoms. The second-order valence-electron chi connectivity index (χ2n) is 6.08. The molecule has 0 aliphatic carbocycles. The Morgan fingerprint density at radius 3 is 2.42 bits per heavy atom. The van der Waals surface area contributed by atoms with E-state index in [1.165, 1.54) is 43.3 Å². The summed E-state index contributed by atoms with van der Waals surface area (Å²) in [6, 6.07) is 8.89. The van der Waals surface area contributed by atoms with Crippen LogP contribution in [-0.2, 0) is 21.0 Å². The molecule has 3 aromatic rings. The Balaban J connectivity index is 1.72. The maximum Gasteiger partial charge on any atom is 0.452 e. The number of Topliss-reactive ketones (excluding diaryl/α,β-unsaturated/α-hetero) is 1. The van der Waals surface area contributed by atoms with Gasteiger partial charge in [0.25, 0.3) is 10.0 Å². The average Bonchev–Trinajstić information content (AvgIpc) is 3.35. The lowest BCUT2D eigenvalue weighted by atomic mass is 10.1. The number of hydrogen-bond acceptors (Lipinski definition) is 8. The van der Waals surface area contributed by atoms with Gasteiger partial charge in [0.15, 0.2) is 10.9 Å². The summed E-state index contributed by atoms with van der Waals surface area (Å²) in [7, 11) is -4.02. The molecule has 31 heavy (non-hydrogen) atoms. The molecule has 0 fully saturated rings. The monoisotopic (exact) mass is 490 g/mol. The van der Waals surface area contributed by atoms with Crippen LogP contribution in [0.25, 0.3) is 10.6 Å². The van der Waals surface area contributed by atoms with Crippen LogP contribution in [0.15, 0.2) is 51.2 Å². The minimum atomic E-state index is -4.70. The summed E-state index contributed by atoms with van der Waals surface area (Å²) in [5.41, 5.74) is 0.373. The van der Waals surface area contributed by atoms with Crippen LogP contribution >= 0.6 is 23.1 Å². The van der Waals surface area contributed by atoms with E-state index in [0.717, 1.165) is 23.1 Å². The number of anilines is 1. The van der Waals surface area contributed by atoms with Gasteiger partial charge in [-0.3, -0.25) is 14.3 Å². The van der Waals surface area contributed by atoms with Crippen molar-refractivity contribution in [3.63, 3.8) is 0 Å². The van der Waals surface area contributed by atoms with Crippen LogP contribution in [0, 0.1) is 0 Å². The topological polar surface area (TPSA) is 106 Å². The van der Waals surface area contributed by atoms with Crippen LogP contribution in [0.3, 0.4) is 0 Å². The van der Waals surface area contributed by atoms with Crippen LogP contribution in [-0.4, -0.2) is 30.2 Å². The molecule has 0 spiro atoms. The van der Waals surface area contributed by atoms with Crippen LogP contribution in [0.1, 0.15) is 23.0 Å². The molecule has 2 aromatic heterocycles. The molecule has 0 radical (unpaired) electrons. The van der Waals surface area contributed by atoms with E-state index < -0.39 is 22.0 Å². The summed E-state index contributed by atoms with van der Waals surface area (Å²) in [5, 5.41) is 3.14. The fourth-order valence-corrected chi connectivity index (χ4v) is 5.13. The summed E-state index contributed by atoms with van der Waals surface area (Å²) < 4.78 is 69.5. The standard InChI is InChI=1S/C18H13F3N2O5S3/c1-10(24)29-9-14(25)11-2-4-12(5-3-11)23-31(26,27)17-7-6-15(30-17)13-8-16(28-22-13)18(19,20)21/h2-8,23H,9H2,1H3. The summed E-state index contributed by atoms with van der Waals surface area (Å²) in [6.07, 6.45) is -4.70. The van der Waals surface area contributed by atoms with Crippen molar-refractivity contribution in [1.82, 2.24) is 5.16 Å². The lowest BCUT2D eigenvalue weighted by Gasteiger charge is -2.07. The summed E-state index contributed by atoms with van der Waals surface area (Å²) in [5.74, 6) is -1.57. The highest BCUT2D eigenvalue weighted by Gasteiger charge is 2.36. The number of thioether (sulfide) groups is 1. The third-order valence-electron chi connectivity index (χ3n) is 3.75. The molecule has 7 nitrogen and oxygen atoms in total. The Morgan fingerprint density at radius 2 is 1.84 bits per heavy atom. The lowest BCUT2D eigenvalue weighted by Crippen LogP contribution is -2.11. The lowest BCUT2D eigenvalue weighted by molar-refractivity contribution is -0.155. The van der Waals surface area contributed by atoms with Crippen molar-refractivity contribution in [2.75, 3.05) is 10.5 Å². The molecule has 2 heterocycles. The molecule has 3 rings (SSSR count). The highest BCUT2D eigenvalue weighted by molar-refractivity contribution is 8.14. The predicted molar refractivity (Wildman–Crippen MR) is 110 cm³/mol. The van der Waals surface area contributed by atoms with Crippen molar-refractivity contribution >= 4 is 49.7 Å². The van der Waals surface area contributed by atoms with Gasteiger partial charge in [0.2, 0.25) is 5.76 Å². The fraction of sp³-hybridized carbons (Fsp3) is 0.167. The third-order valence-corrected chi connectivity index (χ3v) is 7.55. The summed E-state index contributed by atoms with van der Waals surface area (Å²) >= 11 is 1.60. The molecule has 0 unspecified atom stereocenters. The number of nitrogens with zero attached hydrogens (tertiary/aromatic N) is 1. The Hall–Kier alpha value is -2.64. The van der Waals surface area contributed by atoms with Gasteiger partial charge in [-0.2, -0.15) is 13.2 Å². The number of carbonyl (C=O) groups excluding carboxylic acids is 2. The van der Waals surface area contributed by atoms with Crippen LogP contribution in [0.4, 0.5) is 18.9 Å². The van der Waals surface area contributed by atoms with E-state index in [-0.39, 0.29) is 37.1 Å². The van der Waals surface area contributed by atoms with Gasteiger partial charge in [0.1, 0.15) is 9.90 Å². The van der Waals surface area contributed by atoms with Crippen molar-refractivity contribution < 1.29 is 35.7 Å².